The molecule has 118 valence electrons. The minimum atomic E-state index is -0.337. The molecule has 0 heterocycles. The van der Waals surface area contributed by atoms with E-state index in [9.17, 15) is 8.78 Å². The zero-order valence-corrected chi connectivity index (χ0v) is 13.2. The quantitative estimate of drug-likeness (QED) is 0.896. The second-order valence-corrected chi connectivity index (χ2v) is 6.12. The highest BCUT2D eigenvalue weighted by Gasteiger charge is 2.34. The highest BCUT2D eigenvalue weighted by molar-refractivity contribution is 5.27. The number of hydrogen-bond acceptors (Lipinski definition) is 2. The SMILES string of the molecule is CCN(C(C)c1cc(F)c(C)cc1F)C1CCCC1CN. The van der Waals surface area contributed by atoms with Crippen LogP contribution >= 0.6 is 0 Å². The van der Waals surface area contributed by atoms with Gasteiger partial charge in [0, 0.05) is 17.6 Å². The largest absolute Gasteiger partial charge is 0.330 e. The zero-order valence-electron chi connectivity index (χ0n) is 13.2. The topological polar surface area (TPSA) is 29.3 Å². The first kappa shape index (κ1) is 16.4. The van der Waals surface area contributed by atoms with E-state index in [1.165, 1.54) is 18.6 Å². The lowest BCUT2D eigenvalue weighted by atomic mass is 9.97. The molecule has 1 aromatic carbocycles. The van der Waals surface area contributed by atoms with Crippen LogP contribution in [0, 0.1) is 24.5 Å². The Labute approximate surface area is 126 Å². The average Bonchev–Trinajstić information content (AvgIpc) is 2.91. The van der Waals surface area contributed by atoms with E-state index in [0.29, 0.717) is 29.6 Å². The fourth-order valence-corrected chi connectivity index (χ4v) is 3.68. The van der Waals surface area contributed by atoms with Crippen molar-refractivity contribution in [2.24, 2.45) is 11.7 Å². The third-order valence-electron chi connectivity index (χ3n) is 4.94. The van der Waals surface area contributed by atoms with Crippen LogP contribution in [0.15, 0.2) is 12.1 Å². The van der Waals surface area contributed by atoms with E-state index in [-0.39, 0.29) is 17.7 Å². The summed E-state index contributed by atoms with van der Waals surface area (Å²) < 4.78 is 28.0. The summed E-state index contributed by atoms with van der Waals surface area (Å²) in [5.74, 6) is -0.191. The Morgan fingerprint density at radius 2 is 2.00 bits per heavy atom. The maximum Gasteiger partial charge on any atom is 0.128 e. The first-order chi connectivity index (χ1) is 9.99. The fraction of sp³-hybridized carbons (Fsp3) is 0.647. The second kappa shape index (κ2) is 6.84. The number of halogens is 2. The number of aryl methyl sites for hydroxylation is 1. The van der Waals surface area contributed by atoms with E-state index in [1.807, 2.05) is 6.92 Å². The molecule has 1 aliphatic carbocycles. The summed E-state index contributed by atoms with van der Waals surface area (Å²) in [7, 11) is 0. The summed E-state index contributed by atoms with van der Waals surface area (Å²) in [5, 5.41) is 0. The highest BCUT2D eigenvalue weighted by atomic mass is 19.1. The number of hydrogen-bond donors (Lipinski definition) is 1. The van der Waals surface area contributed by atoms with Crippen LogP contribution < -0.4 is 5.73 Å². The molecule has 1 saturated carbocycles. The smallest absolute Gasteiger partial charge is 0.128 e. The molecule has 2 nitrogen and oxygen atoms in total. The Kier molecular flexibility index (Phi) is 5.33. The van der Waals surface area contributed by atoms with Gasteiger partial charge >= 0.3 is 0 Å². The fourth-order valence-electron chi connectivity index (χ4n) is 3.68. The predicted octanol–water partition coefficient (Wildman–Crippen LogP) is 3.78. The van der Waals surface area contributed by atoms with Crippen molar-refractivity contribution in [1.29, 1.82) is 0 Å². The first-order valence-corrected chi connectivity index (χ1v) is 7.90. The van der Waals surface area contributed by atoms with Gasteiger partial charge in [-0.25, -0.2) is 8.78 Å². The van der Waals surface area contributed by atoms with Crippen molar-refractivity contribution >= 4 is 0 Å². The summed E-state index contributed by atoms with van der Waals surface area (Å²) in [6.07, 6.45) is 3.39. The van der Waals surface area contributed by atoms with Crippen molar-refractivity contribution in [3.8, 4) is 0 Å². The van der Waals surface area contributed by atoms with Gasteiger partial charge in [-0.2, -0.15) is 0 Å². The van der Waals surface area contributed by atoms with E-state index < -0.39 is 0 Å². The zero-order chi connectivity index (χ0) is 15.6. The van der Waals surface area contributed by atoms with Gasteiger partial charge in [-0.15, -0.1) is 0 Å². The van der Waals surface area contributed by atoms with Gasteiger partial charge in [-0.1, -0.05) is 13.3 Å². The summed E-state index contributed by atoms with van der Waals surface area (Å²) in [4.78, 5) is 2.28. The van der Waals surface area contributed by atoms with Gasteiger partial charge in [0.25, 0.3) is 0 Å². The predicted molar refractivity (Wildman–Crippen MR) is 82.1 cm³/mol. The lowest BCUT2D eigenvalue weighted by Crippen LogP contribution is -2.42. The van der Waals surface area contributed by atoms with E-state index in [4.69, 9.17) is 5.73 Å². The molecule has 0 saturated heterocycles. The van der Waals surface area contributed by atoms with Gasteiger partial charge in [0.2, 0.25) is 0 Å². The van der Waals surface area contributed by atoms with Gasteiger partial charge in [0.05, 0.1) is 0 Å². The summed E-state index contributed by atoms with van der Waals surface area (Å²) >= 11 is 0. The molecule has 0 aliphatic heterocycles. The van der Waals surface area contributed by atoms with Crippen molar-refractivity contribution in [3.63, 3.8) is 0 Å². The molecule has 1 fully saturated rings. The molecule has 4 heteroatoms. The van der Waals surface area contributed by atoms with Gasteiger partial charge in [0.1, 0.15) is 11.6 Å². The Balaban J connectivity index is 2.28. The Bertz CT molecular complexity index is 490. The third-order valence-corrected chi connectivity index (χ3v) is 4.94. The lowest BCUT2D eigenvalue weighted by molar-refractivity contribution is 0.121. The van der Waals surface area contributed by atoms with Crippen molar-refractivity contribution < 1.29 is 8.78 Å². The molecule has 21 heavy (non-hydrogen) atoms. The molecule has 0 bridgehead atoms. The van der Waals surface area contributed by atoms with Crippen LogP contribution in [0.2, 0.25) is 0 Å². The van der Waals surface area contributed by atoms with E-state index in [1.54, 1.807) is 6.92 Å². The van der Waals surface area contributed by atoms with Gasteiger partial charge in [-0.3, -0.25) is 4.90 Å². The molecule has 0 amide bonds. The summed E-state index contributed by atoms with van der Waals surface area (Å²) in [6.45, 7) is 7.11. The van der Waals surface area contributed by atoms with Crippen molar-refractivity contribution in [2.45, 2.75) is 52.1 Å². The highest BCUT2D eigenvalue weighted by Crippen LogP contribution is 2.35. The number of nitrogens with two attached hydrogens (primary N) is 1. The standard InChI is InChI=1S/C17H26F2N2/c1-4-21(17-7-5-6-13(17)10-20)12(3)14-9-15(18)11(2)8-16(14)19/h8-9,12-13,17H,4-7,10,20H2,1-3H3. The maximum atomic E-state index is 14.2. The van der Waals surface area contributed by atoms with Crippen LogP contribution in [0.1, 0.15) is 50.3 Å². The molecule has 3 unspecified atom stereocenters. The molecule has 3 atom stereocenters. The molecule has 2 N–H and O–H groups in total. The summed E-state index contributed by atoms with van der Waals surface area (Å²) in [6, 6.07) is 2.88. The average molecular weight is 296 g/mol. The van der Waals surface area contributed by atoms with Gasteiger partial charge < -0.3 is 5.73 Å². The van der Waals surface area contributed by atoms with Crippen LogP contribution in [0.3, 0.4) is 0 Å². The van der Waals surface area contributed by atoms with E-state index in [0.717, 1.165) is 19.4 Å². The molecule has 0 radical (unpaired) electrons. The van der Waals surface area contributed by atoms with Crippen molar-refractivity contribution in [1.82, 2.24) is 4.90 Å². The Hall–Kier alpha value is -1.00. The third kappa shape index (κ3) is 3.27. The normalized spacial score (nSPS) is 23.8. The van der Waals surface area contributed by atoms with Gasteiger partial charge in [-0.05, 0) is 63.4 Å². The second-order valence-electron chi connectivity index (χ2n) is 6.12. The van der Waals surface area contributed by atoms with E-state index in [2.05, 4.69) is 11.8 Å². The van der Waals surface area contributed by atoms with Crippen LogP contribution in [-0.4, -0.2) is 24.0 Å². The Morgan fingerprint density at radius 1 is 1.29 bits per heavy atom. The molecular weight excluding hydrogens is 270 g/mol. The number of nitrogens with zero attached hydrogens (tertiary/aromatic N) is 1. The maximum absolute atomic E-state index is 14.2. The van der Waals surface area contributed by atoms with Crippen LogP contribution in [0.25, 0.3) is 0 Å². The molecule has 2 rings (SSSR count). The molecule has 0 aromatic heterocycles. The van der Waals surface area contributed by atoms with Crippen LogP contribution in [-0.2, 0) is 0 Å². The lowest BCUT2D eigenvalue weighted by Gasteiger charge is -2.37. The van der Waals surface area contributed by atoms with Crippen LogP contribution in [0.4, 0.5) is 8.78 Å². The summed E-state index contributed by atoms with van der Waals surface area (Å²) in [5.41, 5.74) is 6.67. The first-order valence-electron chi connectivity index (χ1n) is 7.90. The monoisotopic (exact) mass is 296 g/mol. The van der Waals surface area contributed by atoms with Crippen LogP contribution in [0.5, 0.6) is 0 Å². The Morgan fingerprint density at radius 3 is 2.62 bits per heavy atom. The number of rotatable bonds is 5. The van der Waals surface area contributed by atoms with E-state index >= 15 is 0 Å². The molecule has 1 aliphatic rings. The van der Waals surface area contributed by atoms with Crippen molar-refractivity contribution in [2.75, 3.05) is 13.1 Å². The minimum absolute atomic E-state index is 0.137. The molecular formula is C17H26F2N2. The van der Waals surface area contributed by atoms with Crippen molar-refractivity contribution in [3.05, 3.63) is 34.9 Å². The molecule has 1 aromatic rings. The number of benzene rings is 1. The minimum Gasteiger partial charge on any atom is -0.330 e. The van der Waals surface area contributed by atoms with Gasteiger partial charge in [0.15, 0.2) is 0 Å². The molecule has 0 spiro atoms.